The van der Waals surface area contributed by atoms with Crippen LogP contribution in [0.25, 0.3) is 0 Å². The van der Waals surface area contributed by atoms with Crippen LogP contribution in [0.5, 0.6) is 0 Å². The van der Waals surface area contributed by atoms with Crippen LogP contribution in [0.2, 0.25) is 0 Å². The molecule has 0 aromatic carbocycles. The van der Waals surface area contributed by atoms with E-state index in [1.807, 2.05) is 0 Å². The Morgan fingerprint density at radius 1 is 0.842 bits per heavy atom. The van der Waals surface area contributed by atoms with Crippen LogP contribution in [-0.2, 0) is 26.7 Å². The monoisotopic (exact) mass is 325 g/mol. The minimum Gasteiger partial charge on any atom is -0.548 e. The van der Waals surface area contributed by atoms with Crippen molar-refractivity contribution in [3.05, 3.63) is 0 Å². The van der Waals surface area contributed by atoms with Crippen molar-refractivity contribution in [2.45, 2.75) is 37.8 Å². The average Bonchev–Trinajstić information content (AvgIpc) is 2.33. The minimum absolute atomic E-state index is 0. The smallest absolute Gasteiger partial charge is 0.548 e. The van der Waals surface area contributed by atoms with Crippen molar-refractivity contribution in [2.24, 2.45) is 22.9 Å². The summed E-state index contributed by atoms with van der Waals surface area (Å²) in [5.74, 6) is -2.41. The molecule has 0 aliphatic rings. The first-order valence-corrected chi connectivity index (χ1v) is 5.69. The van der Waals surface area contributed by atoms with Crippen LogP contribution in [0.3, 0.4) is 0 Å². The molecule has 19 heavy (non-hydrogen) atoms. The molecule has 1 radical (unpaired) electrons. The predicted octanol–water partition coefficient (Wildman–Crippen LogP) is -4.40. The maximum absolute atomic E-state index is 9.93. The quantitative estimate of drug-likeness (QED) is 0.322. The van der Waals surface area contributed by atoms with E-state index in [9.17, 15) is 19.8 Å². The molecule has 0 heterocycles. The molecule has 9 heteroatoms. The van der Waals surface area contributed by atoms with Gasteiger partial charge < -0.3 is 42.7 Å². The van der Waals surface area contributed by atoms with Crippen molar-refractivity contribution >= 4 is 11.9 Å². The SMILES string of the molecule is NCCCC(N)C(=O)[O-].NCCCC(N)C(=O)[O-].[Cu+2]. The van der Waals surface area contributed by atoms with Crippen LogP contribution < -0.4 is 33.1 Å². The van der Waals surface area contributed by atoms with Crippen LogP contribution in [0.15, 0.2) is 0 Å². The van der Waals surface area contributed by atoms with E-state index < -0.39 is 24.0 Å². The molecule has 0 aromatic rings. The summed E-state index contributed by atoms with van der Waals surface area (Å²) in [4.78, 5) is 19.9. The van der Waals surface area contributed by atoms with Gasteiger partial charge in [0.15, 0.2) is 0 Å². The Kier molecular flexibility index (Phi) is 18.9. The molecule has 2 unspecified atom stereocenters. The zero-order chi connectivity index (χ0) is 14.6. The number of carbonyl (C=O) groups is 2. The Morgan fingerprint density at radius 3 is 1.26 bits per heavy atom. The van der Waals surface area contributed by atoms with Gasteiger partial charge in [-0.2, -0.15) is 0 Å². The van der Waals surface area contributed by atoms with E-state index in [4.69, 9.17) is 22.9 Å². The summed E-state index contributed by atoms with van der Waals surface area (Å²) in [6, 6.07) is -1.71. The summed E-state index contributed by atoms with van der Waals surface area (Å²) in [5.41, 5.74) is 20.4. The fourth-order valence-electron chi connectivity index (χ4n) is 0.911. The second kappa shape index (κ2) is 15.4. The standard InChI is InChI=1S/2C5H12N2O2.Cu/c2*6-3-1-2-4(7)5(8)9;/h2*4H,1-3,6-7H2,(H,8,9);/q;;+2/p-2. The van der Waals surface area contributed by atoms with Gasteiger partial charge >= 0.3 is 17.1 Å². The zero-order valence-electron chi connectivity index (χ0n) is 10.6. The van der Waals surface area contributed by atoms with E-state index in [2.05, 4.69) is 0 Å². The maximum Gasteiger partial charge on any atom is 2.00 e. The Bertz CT molecular complexity index is 220. The van der Waals surface area contributed by atoms with Gasteiger partial charge in [-0.25, -0.2) is 0 Å². The Hall–Kier alpha value is -0.701. The molecule has 0 saturated heterocycles. The topological polar surface area (TPSA) is 184 Å². The summed E-state index contributed by atoms with van der Waals surface area (Å²) in [6.07, 6.45) is 2.07. The minimum atomic E-state index is -1.21. The maximum atomic E-state index is 9.93. The van der Waals surface area contributed by atoms with Gasteiger partial charge in [-0.15, -0.1) is 0 Å². The third-order valence-electron chi connectivity index (χ3n) is 2.04. The van der Waals surface area contributed by atoms with Gasteiger partial charge in [-0.1, -0.05) is 0 Å². The normalized spacial score (nSPS) is 12.4. The van der Waals surface area contributed by atoms with Gasteiger partial charge in [0.1, 0.15) is 0 Å². The largest absolute Gasteiger partial charge is 2.00 e. The number of carboxylic acids is 2. The molecule has 0 rings (SSSR count). The first-order chi connectivity index (χ1) is 8.36. The number of aliphatic carboxylic acids is 2. The van der Waals surface area contributed by atoms with E-state index in [0.717, 1.165) is 0 Å². The van der Waals surface area contributed by atoms with Crippen molar-refractivity contribution in [2.75, 3.05) is 13.1 Å². The molecule has 0 aromatic heterocycles. The Balaban J connectivity index is -0.000000256. The summed E-state index contributed by atoms with van der Waals surface area (Å²) < 4.78 is 0. The molecule has 8 N–H and O–H groups in total. The second-order valence-corrected chi connectivity index (χ2v) is 3.71. The average molecular weight is 326 g/mol. The molecule has 0 aliphatic carbocycles. The fourth-order valence-corrected chi connectivity index (χ4v) is 0.911. The molecule has 117 valence electrons. The number of hydrogen-bond donors (Lipinski definition) is 4. The van der Waals surface area contributed by atoms with Gasteiger partial charge in [0.25, 0.3) is 0 Å². The summed E-state index contributed by atoms with van der Waals surface area (Å²) in [7, 11) is 0. The number of nitrogens with two attached hydrogens (primary N) is 4. The zero-order valence-corrected chi connectivity index (χ0v) is 11.6. The number of hydrogen-bond acceptors (Lipinski definition) is 8. The summed E-state index contributed by atoms with van der Waals surface area (Å²) >= 11 is 0. The van der Waals surface area contributed by atoms with E-state index >= 15 is 0 Å². The molecule has 0 amide bonds. The van der Waals surface area contributed by atoms with Crippen molar-refractivity contribution in [1.82, 2.24) is 0 Å². The number of carbonyl (C=O) groups excluding carboxylic acids is 2. The van der Waals surface area contributed by atoms with Crippen LogP contribution in [0.1, 0.15) is 25.7 Å². The van der Waals surface area contributed by atoms with Crippen molar-refractivity contribution in [3.8, 4) is 0 Å². The van der Waals surface area contributed by atoms with Crippen molar-refractivity contribution in [3.63, 3.8) is 0 Å². The van der Waals surface area contributed by atoms with Crippen LogP contribution >= 0.6 is 0 Å². The third-order valence-corrected chi connectivity index (χ3v) is 2.04. The third kappa shape index (κ3) is 17.3. The number of rotatable bonds is 8. The van der Waals surface area contributed by atoms with Crippen LogP contribution in [0.4, 0.5) is 0 Å². The van der Waals surface area contributed by atoms with Crippen molar-refractivity contribution in [1.29, 1.82) is 0 Å². The molecule has 0 fully saturated rings. The molecule has 0 saturated carbocycles. The predicted molar refractivity (Wildman–Crippen MR) is 62.5 cm³/mol. The first-order valence-electron chi connectivity index (χ1n) is 5.69. The Labute approximate surface area is 123 Å². The fraction of sp³-hybridized carbons (Fsp3) is 0.800. The first kappa shape index (κ1) is 23.4. The van der Waals surface area contributed by atoms with E-state index in [1.165, 1.54) is 0 Å². The van der Waals surface area contributed by atoms with Crippen LogP contribution in [-0.4, -0.2) is 37.1 Å². The summed E-state index contributed by atoms with van der Waals surface area (Å²) in [6.45, 7) is 0.946. The second-order valence-electron chi connectivity index (χ2n) is 3.71. The van der Waals surface area contributed by atoms with E-state index in [0.29, 0.717) is 38.8 Å². The molecule has 8 nitrogen and oxygen atoms in total. The van der Waals surface area contributed by atoms with Gasteiger partial charge in [-0.3, -0.25) is 0 Å². The Morgan fingerprint density at radius 2 is 1.11 bits per heavy atom. The molecule has 0 aliphatic heterocycles. The van der Waals surface area contributed by atoms with Gasteiger partial charge in [-0.05, 0) is 38.8 Å². The number of carboxylic acid groups (broad SMARTS) is 2. The van der Waals surface area contributed by atoms with Gasteiger partial charge in [0.2, 0.25) is 0 Å². The van der Waals surface area contributed by atoms with Crippen molar-refractivity contribution < 1.29 is 36.9 Å². The summed E-state index contributed by atoms with van der Waals surface area (Å²) in [5, 5.41) is 19.9. The molecular weight excluding hydrogens is 304 g/mol. The van der Waals surface area contributed by atoms with E-state index in [-0.39, 0.29) is 17.1 Å². The van der Waals surface area contributed by atoms with Gasteiger partial charge in [0, 0.05) is 12.1 Å². The molecule has 2 atom stereocenters. The van der Waals surface area contributed by atoms with E-state index in [1.54, 1.807) is 0 Å². The van der Waals surface area contributed by atoms with Gasteiger partial charge in [0.05, 0.1) is 11.9 Å². The molecule has 0 spiro atoms. The molecular formula is C10H22CuN4O4. The molecule has 0 bridgehead atoms. The van der Waals surface area contributed by atoms with Crippen LogP contribution in [0, 0.1) is 0 Å².